The maximum atomic E-state index is 4.41. The van der Waals surface area contributed by atoms with Gasteiger partial charge in [0.25, 0.3) is 0 Å². The normalized spacial score (nSPS) is 15.6. The number of hydrogen-bond donors (Lipinski definition) is 0. The Morgan fingerprint density at radius 3 is 2.19 bits per heavy atom. The van der Waals surface area contributed by atoms with Crippen LogP contribution in [0.4, 0.5) is 0 Å². The fourth-order valence-corrected chi connectivity index (χ4v) is 2.30. The average Bonchev–Trinajstić information content (AvgIpc) is 2.68. The minimum absolute atomic E-state index is 1.02. The summed E-state index contributed by atoms with van der Waals surface area (Å²) in [6.45, 7) is 7.81. The van der Waals surface area contributed by atoms with E-state index in [-0.39, 0.29) is 0 Å². The van der Waals surface area contributed by atoms with Crippen LogP contribution in [-0.2, 0) is 0 Å². The molecule has 94 valence electrons. The fraction of sp³-hybridized carbons (Fsp3) is 0.929. The molecular formula is C14H28N2. The molecule has 1 aliphatic heterocycles. The summed E-state index contributed by atoms with van der Waals surface area (Å²) in [5.74, 6) is 1.25. The molecule has 1 heterocycles. The van der Waals surface area contributed by atoms with Crippen LogP contribution in [0, 0.1) is 0 Å². The van der Waals surface area contributed by atoms with Crippen molar-refractivity contribution in [1.29, 1.82) is 0 Å². The van der Waals surface area contributed by atoms with E-state index in [1.165, 1.54) is 63.7 Å². The Morgan fingerprint density at radius 2 is 1.62 bits per heavy atom. The lowest BCUT2D eigenvalue weighted by Crippen LogP contribution is -2.26. The number of nitrogens with zero attached hydrogens (tertiary/aromatic N) is 2. The molecule has 0 N–H and O–H groups in total. The molecule has 2 heteroatoms. The monoisotopic (exact) mass is 224 g/mol. The lowest BCUT2D eigenvalue weighted by Gasteiger charge is -2.17. The Hall–Kier alpha value is -0.530. The van der Waals surface area contributed by atoms with Gasteiger partial charge in [0.05, 0.1) is 12.4 Å². The molecule has 0 fully saturated rings. The Bertz CT molecular complexity index is 199. The number of rotatable bonds is 9. The van der Waals surface area contributed by atoms with Crippen molar-refractivity contribution in [2.24, 2.45) is 4.99 Å². The van der Waals surface area contributed by atoms with E-state index in [0.717, 1.165) is 13.1 Å². The third kappa shape index (κ3) is 5.53. The van der Waals surface area contributed by atoms with Gasteiger partial charge in [0, 0.05) is 13.1 Å². The molecule has 0 aromatic rings. The Balaban J connectivity index is 1.83. The van der Waals surface area contributed by atoms with Crippen LogP contribution >= 0.6 is 0 Å². The average molecular weight is 224 g/mol. The minimum atomic E-state index is 1.02. The molecule has 16 heavy (non-hydrogen) atoms. The van der Waals surface area contributed by atoms with Gasteiger partial charge in [-0.15, -0.1) is 0 Å². The van der Waals surface area contributed by atoms with Gasteiger partial charge in [-0.2, -0.15) is 0 Å². The van der Waals surface area contributed by atoms with Crippen LogP contribution in [0.15, 0.2) is 4.99 Å². The number of amidine groups is 1. The molecule has 2 nitrogen and oxygen atoms in total. The van der Waals surface area contributed by atoms with Gasteiger partial charge in [-0.1, -0.05) is 51.9 Å². The standard InChI is InChI=1S/C14H28N2/c1-3-4-5-6-7-8-9-10-12-16-13-11-15-14(16)2/h3-13H2,1-2H3. The van der Waals surface area contributed by atoms with Crippen molar-refractivity contribution in [2.75, 3.05) is 19.6 Å². The van der Waals surface area contributed by atoms with Crippen LogP contribution in [0.5, 0.6) is 0 Å². The molecule has 0 aromatic carbocycles. The van der Waals surface area contributed by atoms with Gasteiger partial charge in [0.1, 0.15) is 0 Å². The Labute approximate surface area is 101 Å². The summed E-state index contributed by atoms with van der Waals surface area (Å²) in [5.41, 5.74) is 0. The highest BCUT2D eigenvalue weighted by Gasteiger charge is 2.10. The molecule has 1 aliphatic rings. The number of aliphatic imine (C=N–C) groups is 1. The van der Waals surface area contributed by atoms with Crippen molar-refractivity contribution in [3.8, 4) is 0 Å². The molecule has 0 spiro atoms. The van der Waals surface area contributed by atoms with Gasteiger partial charge in [-0.3, -0.25) is 4.99 Å². The largest absolute Gasteiger partial charge is 0.359 e. The highest BCUT2D eigenvalue weighted by molar-refractivity contribution is 5.81. The van der Waals surface area contributed by atoms with E-state index < -0.39 is 0 Å². The lowest BCUT2D eigenvalue weighted by atomic mass is 10.1. The zero-order valence-corrected chi connectivity index (χ0v) is 11.2. The molecule has 0 unspecified atom stereocenters. The summed E-state index contributed by atoms with van der Waals surface area (Å²) in [4.78, 5) is 6.84. The maximum Gasteiger partial charge on any atom is 0.0958 e. The second-order valence-electron chi connectivity index (χ2n) is 4.89. The Morgan fingerprint density at radius 1 is 1.00 bits per heavy atom. The van der Waals surface area contributed by atoms with Gasteiger partial charge in [-0.05, 0) is 13.3 Å². The van der Waals surface area contributed by atoms with Gasteiger partial charge in [0.2, 0.25) is 0 Å². The Kier molecular flexibility index (Phi) is 7.28. The highest BCUT2D eigenvalue weighted by Crippen LogP contribution is 2.10. The minimum Gasteiger partial charge on any atom is -0.359 e. The highest BCUT2D eigenvalue weighted by atomic mass is 15.2. The molecule has 0 aromatic heterocycles. The summed E-state index contributed by atoms with van der Waals surface area (Å²) < 4.78 is 0. The molecule has 0 saturated carbocycles. The summed E-state index contributed by atoms with van der Waals surface area (Å²) in [6, 6.07) is 0. The zero-order chi connectivity index (χ0) is 11.6. The lowest BCUT2D eigenvalue weighted by molar-refractivity contribution is 0.428. The molecule has 0 bridgehead atoms. The molecule has 1 rings (SSSR count). The van der Waals surface area contributed by atoms with Crippen molar-refractivity contribution < 1.29 is 0 Å². The van der Waals surface area contributed by atoms with E-state index >= 15 is 0 Å². The van der Waals surface area contributed by atoms with Crippen LogP contribution in [0.2, 0.25) is 0 Å². The van der Waals surface area contributed by atoms with E-state index in [9.17, 15) is 0 Å². The molecule has 0 amide bonds. The van der Waals surface area contributed by atoms with Gasteiger partial charge in [-0.25, -0.2) is 0 Å². The van der Waals surface area contributed by atoms with Crippen LogP contribution in [0.3, 0.4) is 0 Å². The number of hydrogen-bond acceptors (Lipinski definition) is 2. The first-order valence-electron chi connectivity index (χ1n) is 7.10. The van der Waals surface area contributed by atoms with Crippen molar-refractivity contribution >= 4 is 5.84 Å². The molecule has 0 atom stereocenters. The van der Waals surface area contributed by atoms with Crippen LogP contribution in [-0.4, -0.2) is 30.4 Å². The van der Waals surface area contributed by atoms with E-state index in [1.807, 2.05) is 0 Å². The fourth-order valence-electron chi connectivity index (χ4n) is 2.30. The topological polar surface area (TPSA) is 15.6 Å². The molecule has 0 radical (unpaired) electrons. The van der Waals surface area contributed by atoms with Crippen molar-refractivity contribution in [3.05, 3.63) is 0 Å². The first kappa shape index (κ1) is 13.5. The third-order valence-electron chi connectivity index (χ3n) is 3.45. The van der Waals surface area contributed by atoms with Crippen LogP contribution in [0.25, 0.3) is 0 Å². The van der Waals surface area contributed by atoms with Crippen molar-refractivity contribution in [2.45, 2.75) is 65.2 Å². The summed E-state index contributed by atoms with van der Waals surface area (Å²) in [5, 5.41) is 0. The summed E-state index contributed by atoms with van der Waals surface area (Å²) >= 11 is 0. The van der Waals surface area contributed by atoms with Crippen molar-refractivity contribution in [3.63, 3.8) is 0 Å². The third-order valence-corrected chi connectivity index (χ3v) is 3.45. The summed E-state index contributed by atoms with van der Waals surface area (Å²) in [6.07, 6.45) is 11.3. The van der Waals surface area contributed by atoms with E-state index in [4.69, 9.17) is 0 Å². The van der Waals surface area contributed by atoms with E-state index in [1.54, 1.807) is 0 Å². The van der Waals surface area contributed by atoms with E-state index in [0.29, 0.717) is 0 Å². The molecular weight excluding hydrogens is 196 g/mol. The maximum absolute atomic E-state index is 4.41. The first-order chi connectivity index (χ1) is 7.84. The van der Waals surface area contributed by atoms with Gasteiger partial charge in [0.15, 0.2) is 0 Å². The predicted octanol–water partition coefficient (Wildman–Crippen LogP) is 3.86. The second kappa shape index (κ2) is 8.60. The van der Waals surface area contributed by atoms with Crippen molar-refractivity contribution in [1.82, 2.24) is 4.90 Å². The van der Waals surface area contributed by atoms with Crippen LogP contribution < -0.4 is 0 Å². The van der Waals surface area contributed by atoms with Gasteiger partial charge >= 0.3 is 0 Å². The SMILES string of the molecule is CCCCCCCCCCN1CCN=C1C. The number of unbranched alkanes of at least 4 members (excludes halogenated alkanes) is 7. The quantitative estimate of drug-likeness (QED) is 0.543. The van der Waals surface area contributed by atoms with Gasteiger partial charge < -0.3 is 4.90 Å². The van der Waals surface area contributed by atoms with Crippen LogP contribution in [0.1, 0.15) is 65.2 Å². The molecule has 0 saturated heterocycles. The smallest absolute Gasteiger partial charge is 0.0958 e. The second-order valence-corrected chi connectivity index (χ2v) is 4.89. The van der Waals surface area contributed by atoms with E-state index in [2.05, 4.69) is 23.7 Å². The molecule has 0 aliphatic carbocycles. The first-order valence-corrected chi connectivity index (χ1v) is 7.10. The summed E-state index contributed by atoms with van der Waals surface area (Å²) in [7, 11) is 0. The zero-order valence-electron chi connectivity index (χ0n) is 11.2. The predicted molar refractivity (Wildman–Crippen MR) is 72.2 cm³/mol.